The zero-order chi connectivity index (χ0) is 16.0. The second-order valence-corrected chi connectivity index (χ2v) is 7.14. The van der Waals surface area contributed by atoms with Gasteiger partial charge in [0.2, 0.25) is 6.79 Å². The number of hydrogen-bond donors (Lipinski definition) is 0. The largest absolute Gasteiger partial charge is 0.454 e. The van der Waals surface area contributed by atoms with Crippen LogP contribution >= 0.6 is 0 Å². The average molecular weight is 331 g/mol. The summed E-state index contributed by atoms with van der Waals surface area (Å²) >= 11 is 0. The molecule has 0 saturated heterocycles. The second-order valence-electron chi connectivity index (χ2n) is 5.28. The van der Waals surface area contributed by atoms with E-state index in [9.17, 15) is 13.2 Å². The van der Waals surface area contributed by atoms with Gasteiger partial charge in [-0.15, -0.1) is 0 Å². The normalized spacial score (nSPS) is 16.3. The van der Waals surface area contributed by atoms with Gasteiger partial charge >= 0.3 is 0 Å². The molecule has 23 heavy (non-hydrogen) atoms. The summed E-state index contributed by atoms with van der Waals surface area (Å²) < 4.78 is 37.7. The first-order valence-corrected chi connectivity index (χ1v) is 8.56. The van der Waals surface area contributed by atoms with Gasteiger partial charge in [-0.3, -0.25) is 9.10 Å². The predicted octanol–water partition coefficient (Wildman–Crippen LogP) is 2.20. The van der Waals surface area contributed by atoms with Crippen LogP contribution < -0.4 is 13.8 Å². The van der Waals surface area contributed by atoms with E-state index in [1.54, 1.807) is 30.3 Å². The third-order valence-corrected chi connectivity index (χ3v) is 5.76. The lowest BCUT2D eigenvalue weighted by molar-refractivity contribution is 0.0982. The maximum Gasteiger partial charge on any atom is 0.264 e. The molecule has 2 aromatic carbocycles. The number of carbonyl (C=O) groups is 1. The molecule has 6 nitrogen and oxygen atoms in total. The molecule has 0 amide bonds. The number of carbonyl (C=O) groups excluding carboxylic acids is 1. The number of nitrogens with zero attached hydrogens (tertiary/aromatic N) is 1. The zero-order valence-electron chi connectivity index (χ0n) is 12.1. The first kappa shape index (κ1) is 14.1. The number of rotatable bonds is 2. The van der Waals surface area contributed by atoms with Gasteiger partial charge in [-0.2, -0.15) is 0 Å². The summed E-state index contributed by atoms with van der Waals surface area (Å²) in [4.78, 5) is 12.1. The number of ether oxygens (including phenoxy) is 2. The molecule has 2 heterocycles. The van der Waals surface area contributed by atoms with Crippen LogP contribution in [-0.4, -0.2) is 27.5 Å². The third kappa shape index (κ3) is 2.16. The molecular formula is C16H13NO5S. The van der Waals surface area contributed by atoms with Crippen LogP contribution in [0.25, 0.3) is 0 Å². The first-order valence-electron chi connectivity index (χ1n) is 7.12. The van der Waals surface area contributed by atoms with Crippen molar-refractivity contribution in [3.8, 4) is 11.5 Å². The molecule has 0 aliphatic carbocycles. The number of para-hydroxylation sites is 1. The van der Waals surface area contributed by atoms with Crippen LogP contribution in [0.2, 0.25) is 0 Å². The van der Waals surface area contributed by atoms with Crippen LogP contribution in [0.15, 0.2) is 47.4 Å². The number of Topliss-reactive ketones (excluding diaryl/α,β-unsaturated/α-hetero) is 1. The number of fused-ring (bicyclic) bond motifs is 2. The second kappa shape index (κ2) is 4.99. The van der Waals surface area contributed by atoms with Gasteiger partial charge in [-0.1, -0.05) is 12.1 Å². The molecule has 0 aromatic heterocycles. The minimum absolute atomic E-state index is 0.0438. The molecule has 0 bridgehead atoms. The van der Waals surface area contributed by atoms with Crippen LogP contribution in [0.4, 0.5) is 5.69 Å². The Morgan fingerprint density at radius 3 is 2.65 bits per heavy atom. The van der Waals surface area contributed by atoms with Gasteiger partial charge in [0, 0.05) is 24.6 Å². The molecule has 2 aliphatic rings. The summed E-state index contributed by atoms with van der Waals surface area (Å²) in [5.74, 6) is 0.892. The molecule has 0 atom stereocenters. The average Bonchev–Trinajstić information content (AvgIpc) is 3.03. The molecule has 4 rings (SSSR count). The Balaban J connectivity index is 1.81. The maximum atomic E-state index is 13.0. The van der Waals surface area contributed by atoms with Crippen molar-refractivity contribution in [1.29, 1.82) is 0 Å². The number of anilines is 1. The fourth-order valence-electron chi connectivity index (χ4n) is 2.80. The van der Waals surface area contributed by atoms with Crippen molar-refractivity contribution in [3.05, 3.63) is 48.0 Å². The minimum atomic E-state index is -3.77. The molecule has 2 aromatic rings. The van der Waals surface area contributed by atoms with E-state index in [1.807, 2.05) is 0 Å². The maximum absolute atomic E-state index is 13.0. The molecular weight excluding hydrogens is 318 g/mol. The molecule has 7 heteroatoms. The van der Waals surface area contributed by atoms with Crippen molar-refractivity contribution in [2.75, 3.05) is 17.6 Å². The molecule has 2 aliphatic heterocycles. The van der Waals surface area contributed by atoms with Crippen LogP contribution in [-0.2, 0) is 10.0 Å². The van der Waals surface area contributed by atoms with Crippen LogP contribution in [0.1, 0.15) is 16.8 Å². The topological polar surface area (TPSA) is 72.9 Å². The highest BCUT2D eigenvalue weighted by atomic mass is 32.2. The Morgan fingerprint density at radius 2 is 1.78 bits per heavy atom. The summed E-state index contributed by atoms with van der Waals surface area (Å²) in [7, 11) is -3.77. The Morgan fingerprint density at radius 1 is 1.00 bits per heavy atom. The fraction of sp³-hybridized carbons (Fsp3) is 0.188. The van der Waals surface area contributed by atoms with Crippen molar-refractivity contribution in [1.82, 2.24) is 0 Å². The van der Waals surface area contributed by atoms with Crippen molar-refractivity contribution >= 4 is 21.5 Å². The van der Waals surface area contributed by atoms with Crippen molar-refractivity contribution in [3.63, 3.8) is 0 Å². The van der Waals surface area contributed by atoms with Crippen LogP contribution in [0.3, 0.4) is 0 Å². The van der Waals surface area contributed by atoms with Crippen molar-refractivity contribution in [2.24, 2.45) is 0 Å². The van der Waals surface area contributed by atoms with Crippen LogP contribution in [0, 0.1) is 0 Å². The Kier molecular flexibility index (Phi) is 3.05. The van der Waals surface area contributed by atoms with Gasteiger partial charge < -0.3 is 9.47 Å². The SMILES string of the molecule is O=C1CCN(S(=O)(=O)c2ccc3c(c2)OCO3)c2ccccc21. The molecule has 0 fully saturated rings. The minimum Gasteiger partial charge on any atom is -0.454 e. The van der Waals surface area contributed by atoms with E-state index in [0.717, 1.165) is 0 Å². The van der Waals surface area contributed by atoms with Gasteiger partial charge in [0.15, 0.2) is 17.3 Å². The number of ketones is 1. The lowest BCUT2D eigenvalue weighted by Crippen LogP contribution is -2.37. The lowest BCUT2D eigenvalue weighted by atomic mass is 10.0. The lowest BCUT2D eigenvalue weighted by Gasteiger charge is -2.29. The van der Waals surface area contributed by atoms with Gasteiger partial charge in [-0.05, 0) is 24.3 Å². The highest BCUT2D eigenvalue weighted by Crippen LogP contribution is 2.37. The zero-order valence-corrected chi connectivity index (χ0v) is 12.9. The van der Waals surface area contributed by atoms with E-state index in [4.69, 9.17) is 9.47 Å². The number of benzene rings is 2. The Labute approximate surface area is 133 Å². The Hall–Kier alpha value is -2.54. The standard InChI is InChI=1S/C16H13NO5S/c18-14-7-8-17(13-4-2-1-3-12(13)14)23(19,20)11-5-6-15-16(9-11)22-10-21-15/h1-6,9H,7-8,10H2. The summed E-state index contributed by atoms with van der Waals surface area (Å²) in [6.07, 6.45) is 0.167. The predicted molar refractivity (Wildman–Crippen MR) is 82.5 cm³/mol. The third-order valence-electron chi connectivity index (χ3n) is 3.95. The highest BCUT2D eigenvalue weighted by Gasteiger charge is 2.33. The van der Waals surface area contributed by atoms with E-state index < -0.39 is 10.0 Å². The van der Waals surface area contributed by atoms with E-state index >= 15 is 0 Å². The van der Waals surface area contributed by atoms with E-state index in [-0.39, 0.29) is 30.4 Å². The Bertz CT molecular complexity index is 906. The van der Waals surface area contributed by atoms with Gasteiger partial charge in [0.25, 0.3) is 10.0 Å². The summed E-state index contributed by atoms with van der Waals surface area (Å²) in [6, 6.07) is 11.3. The van der Waals surface area contributed by atoms with Crippen molar-refractivity contribution < 1.29 is 22.7 Å². The van der Waals surface area contributed by atoms with E-state index in [2.05, 4.69) is 0 Å². The first-order chi connectivity index (χ1) is 11.1. The number of hydrogen-bond acceptors (Lipinski definition) is 5. The molecule has 0 saturated carbocycles. The number of sulfonamides is 1. The highest BCUT2D eigenvalue weighted by molar-refractivity contribution is 7.92. The van der Waals surface area contributed by atoms with Crippen LogP contribution in [0.5, 0.6) is 11.5 Å². The molecule has 0 spiro atoms. The van der Waals surface area contributed by atoms with Crippen molar-refractivity contribution in [2.45, 2.75) is 11.3 Å². The van der Waals surface area contributed by atoms with E-state index in [1.165, 1.54) is 16.4 Å². The van der Waals surface area contributed by atoms with E-state index in [0.29, 0.717) is 22.7 Å². The molecule has 0 radical (unpaired) electrons. The monoisotopic (exact) mass is 331 g/mol. The van der Waals surface area contributed by atoms with Gasteiger partial charge in [0.05, 0.1) is 10.6 Å². The summed E-state index contributed by atoms with van der Waals surface area (Å²) in [5.41, 5.74) is 0.851. The smallest absolute Gasteiger partial charge is 0.264 e. The fourth-order valence-corrected chi connectivity index (χ4v) is 4.30. The summed E-state index contributed by atoms with van der Waals surface area (Å²) in [6.45, 7) is 0.215. The molecule has 0 unspecified atom stereocenters. The summed E-state index contributed by atoms with van der Waals surface area (Å²) in [5, 5.41) is 0. The van der Waals surface area contributed by atoms with Gasteiger partial charge in [-0.25, -0.2) is 8.42 Å². The molecule has 0 N–H and O–H groups in total. The van der Waals surface area contributed by atoms with Gasteiger partial charge in [0.1, 0.15) is 0 Å². The molecule has 118 valence electrons. The quantitative estimate of drug-likeness (QED) is 0.843.